The molecule has 1 aliphatic rings. The van der Waals surface area contributed by atoms with Crippen LogP contribution in [0, 0.1) is 6.92 Å². The molecule has 0 spiro atoms. The molecule has 0 N–H and O–H groups in total. The zero-order valence-corrected chi connectivity index (χ0v) is 45.2. The number of unbranched alkanes of at least 4 members (excludes halogenated alkanes) is 24. The highest BCUT2D eigenvalue weighted by molar-refractivity contribution is 5.98. The van der Waals surface area contributed by atoms with Crippen molar-refractivity contribution in [2.75, 3.05) is 33.5 Å². The van der Waals surface area contributed by atoms with Gasteiger partial charge in [-0.1, -0.05) is 192 Å². The van der Waals surface area contributed by atoms with Gasteiger partial charge >= 0.3 is 29.8 Å². The van der Waals surface area contributed by atoms with Crippen LogP contribution < -0.4 is 9.47 Å². The third kappa shape index (κ3) is 29.1. The molecule has 0 unspecified atom stereocenters. The van der Waals surface area contributed by atoms with Crippen LogP contribution >= 0.6 is 0 Å². The van der Waals surface area contributed by atoms with Crippen molar-refractivity contribution in [1.29, 1.82) is 0 Å². The van der Waals surface area contributed by atoms with E-state index in [9.17, 15) is 24.0 Å². The first-order valence-electron chi connectivity index (χ1n) is 28.0. The van der Waals surface area contributed by atoms with Crippen molar-refractivity contribution in [3.05, 3.63) is 46.6 Å². The number of benzene rings is 1. The minimum Gasteiger partial charge on any atom is -0.496 e. The summed E-state index contributed by atoms with van der Waals surface area (Å²) in [4.78, 5) is 63.6. The summed E-state index contributed by atoms with van der Waals surface area (Å²) in [5, 5.41) is 0. The predicted molar refractivity (Wildman–Crippen MR) is 282 cm³/mol. The van der Waals surface area contributed by atoms with Gasteiger partial charge in [0.1, 0.15) is 43.5 Å². The molecular weight excluding hydrogens is 901 g/mol. The highest BCUT2D eigenvalue weighted by Gasteiger charge is 2.33. The summed E-state index contributed by atoms with van der Waals surface area (Å²) in [6, 6.07) is 0. The minimum atomic E-state index is -0.940. The quantitative estimate of drug-likeness (QED) is 0.0265. The molecule has 71 heavy (non-hydrogen) atoms. The van der Waals surface area contributed by atoms with Crippen LogP contribution in [0.25, 0.3) is 0 Å². The van der Waals surface area contributed by atoms with Crippen molar-refractivity contribution in [2.45, 2.75) is 252 Å². The van der Waals surface area contributed by atoms with E-state index in [1.807, 2.05) is 19.9 Å². The van der Waals surface area contributed by atoms with Crippen LogP contribution in [-0.4, -0.2) is 69.5 Å². The third-order valence-electron chi connectivity index (χ3n) is 13.3. The molecule has 404 valence electrons. The lowest BCUT2D eigenvalue weighted by molar-refractivity contribution is -0.167. The normalized spacial score (nSPS) is 12.1. The van der Waals surface area contributed by atoms with Crippen LogP contribution in [0.15, 0.2) is 24.3 Å². The van der Waals surface area contributed by atoms with Gasteiger partial charge in [-0.2, -0.15) is 0 Å². The Balaban J connectivity index is 1.77. The summed E-state index contributed by atoms with van der Waals surface area (Å²) in [5.74, 6) is -1.09. The molecule has 0 fully saturated rings. The van der Waals surface area contributed by atoms with Gasteiger partial charge < -0.3 is 33.2 Å². The van der Waals surface area contributed by atoms with E-state index >= 15 is 0 Å². The highest BCUT2D eigenvalue weighted by atomic mass is 16.6. The van der Waals surface area contributed by atoms with E-state index in [1.165, 1.54) is 128 Å². The molecule has 12 heteroatoms. The number of hydrogen-bond donors (Lipinski definition) is 0. The van der Waals surface area contributed by atoms with Gasteiger partial charge in [-0.15, -0.1) is 0 Å². The SMILES string of the molecule is C=CCOc1c(C/C=C(\C)CCC(=O)OCCCC(=O)OC(COC(=O)CCCCCCCCCCCCCCC)COC(=O)CCCCCCCCCCCCCCC)c(OC)c(C)c2c1C(=O)OC2. The fourth-order valence-corrected chi connectivity index (χ4v) is 8.91. The topological polar surface area (TPSA) is 150 Å². The molecule has 2 rings (SSSR count). The number of carbonyl (C=O) groups is 5. The van der Waals surface area contributed by atoms with Crippen LogP contribution in [0.3, 0.4) is 0 Å². The van der Waals surface area contributed by atoms with Crippen LogP contribution in [0.1, 0.15) is 253 Å². The Morgan fingerprint density at radius 2 is 1.04 bits per heavy atom. The first kappa shape index (κ1) is 62.8. The molecule has 0 radical (unpaired) electrons. The lowest BCUT2D eigenvalue weighted by Gasteiger charge is -2.19. The molecule has 0 amide bonds. The van der Waals surface area contributed by atoms with Crippen molar-refractivity contribution >= 4 is 29.8 Å². The van der Waals surface area contributed by atoms with E-state index in [4.69, 9.17) is 33.2 Å². The second-order valence-corrected chi connectivity index (χ2v) is 19.5. The molecular formula is C59H96O12. The molecule has 1 aromatic rings. The lowest BCUT2D eigenvalue weighted by atomic mass is 9.94. The molecule has 0 saturated carbocycles. The molecule has 0 saturated heterocycles. The van der Waals surface area contributed by atoms with Crippen LogP contribution in [0.5, 0.6) is 11.5 Å². The maximum atomic E-state index is 12.9. The second kappa shape index (κ2) is 41.2. The fraction of sp³-hybridized carbons (Fsp3) is 0.746. The van der Waals surface area contributed by atoms with E-state index in [0.717, 1.165) is 55.2 Å². The number of ether oxygens (including phenoxy) is 7. The maximum Gasteiger partial charge on any atom is 0.342 e. The Kier molecular flexibility index (Phi) is 36.4. The Morgan fingerprint density at radius 1 is 0.592 bits per heavy atom. The van der Waals surface area contributed by atoms with Gasteiger partial charge in [0.2, 0.25) is 0 Å². The number of esters is 5. The van der Waals surface area contributed by atoms with Gasteiger partial charge in [0.25, 0.3) is 0 Å². The predicted octanol–water partition coefficient (Wildman–Crippen LogP) is 14.8. The second-order valence-electron chi connectivity index (χ2n) is 19.5. The number of carbonyl (C=O) groups excluding carboxylic acids is 5. The maximum absolute atomic E-state index is 12.9. The smallest absolute Gasteiger partial charge is 0.342 e. The summed E-state index contributed by atoms with van der Waals surface area (Å²) < 4.78 is 39.1. The Morgan fingerprint density at radius 3 is 1.51 bits per heavy atom. The molecule has 1 heterocycles. The molecule has 0 atom stereocenters. The molecule has 0 aliphatic carbocycles. The molecule has 0 bridgehead atoms. The fourth-order valence-electron chi connectivity index (χ4n) is 8.91. The average Bonchev–Trinajstić information content (AvgIpc) is 3.76. The van der Waals surface area contributed by atoms with Crippen LogP contribution in [0.2, 0.25) is 0 Å². The monoisotopic (exact) mass is 997 g/mol. The van der Waals surface area contributed by atoms with Gasteiger partial charge in [-0.25, -0.2) is 4.79 Å². The van der Waals surface area contributed by atoms with Crippen LogP contribution in [-0.2, 0) is 55.9 Å². The highest BCUT2D eigenvalue weighted by Crippen LogP contribution is 2.43. The number of fused-ring (bicyclic) bond motifs is 1. The lowest BCUT2D eigenvalue weighted by Crippen LogP contribution is -2.31. The number of hydrogen-bond acceptors (Lipinski definition) is 12. The summed E-state index contributed by atoms with van der Waals surface area (Å²) in [6.07, 6.45) is 35.9. The van der Waals surface area contributed by atoms with Gasteiger partial charge in [0.15, 0.2) is 6.10 Å². The number of cyclic esters (lactones) is 1. The van der Waals surface area contributed by atoms with Gasteiger partial charge in [-0.05, 0) is 51.5 Å². The number of allylic oxidation sites excluding steroid dienone is 2. The summed E-state index contributed by atoms with van der Waals surface area (Å²) in [7, 11) is 1.58. The molecule has 0 aromatic heterocycles. The number of methoxy groups -OCH3 is 1. The van der Waals surface area contributed by atoms with Crippen molar-refractivity contribution in [3.63, 3.8) is 0 Å². The first-order valence-corrected chi connectivity index (χ1v) is 28.0. The number of rotatable bonds is 46. The Labute approximate surface area is 429 Å². The van der Waals surface area contributed by atoms with E-state index < -0.39 is 24.0 Å². The Bertz CT molecular complexity index is 1650. The van der Waals surface area contributed by atoms with E-state index in [1.54, 1.807) is 13.2 Å². The minimum absolute atomic E-state index is 0.0231. The largest absolute Gasteiger partial charge is 0.496 e. The summed E-state index contributed by atoms with van der Waals surface area (Å²) in [5.41, 5.74) is 3.63. The van der Waals surface area contributed by atoms with Crippen molar-refractivity contribution in [1.82, 2.24) is 0 Å². The van der Waals surface area contributed by atoms with Gasteiger partial charge in [0, 0.05) is 36.8 Å². The van der Waals surface area contributed by atoms with E-state index in [2.05, 4.69) is 20.4 Å². The zero-order valence-electron chi connectivity index (χ0n) is 45.2. The van der Waals surface area contributed by atoms with Crippen LogP contribution in [0.4, 0.5) is 0 Å². The standard InChI is InChI=1S/C59H96O12/c1-7-10-12-14-16-18-20-22-24-26-28-30-32-35-52(60)68-44-49(45-69-53(61)36-33-31-29-27-25-23-21-19-17-15-13-11-8-2)71-55(63)37-34-43-66-54(62)41-39-47(4)38-40-50-57(65-6)48(5)51-46-70-59(64)56(51)58(50)67-42-9-3/h9,38,49H,3,7-8,10-37,39-46H2,1-2,4-6H3/b47-38+. The van der Waals surface area contributed by atoms with Gasteiger partial charge in [0.05, 0.1) is 13.7 Å². The summed E-state index contributed by atoms with van der Waals surface area (Å²) in [6.45, 7) is 12.0. The Hall–Kier alpha value is -4.35. The van der Waals surface area contributed by atoms with Gasteiger partial charge in [-0.3, -0.25) is 19.2 Å². The third-order valence-corrected chi connectivity index (χ3v) is 13.3. The molecule has 12 nitrogen and oxygen atoms in total. The first-order chi connectivity index (χ1) is 34.6. The molecule has 1 aliphatic heterocycles. The van der Waals surface area contributed by atoms with Crippen molar-refractivity contribution in [3.8, 4) is 11.5 Å². The van der Waals surface area contributed by atoms with E-state index in [0.29, 0.717) is 35.5 Å². The average molecular weight is 997 g/mol. The summed E-state index contributed by atoms with van der Waals surface area (Å²) >= 11 is 0. The van der Waals surface area contributed by atoms with Crippen molar-refractivity contribution < 1.29 is 57.1 Å². The zero-order chi connectivity index (χ0) is 51.7. The molecule has 1 aromatic carbocycles. The van der Waals surface area contributed by atoms with Crippen molar-refractivity contribution in [2.24, 2.45) is 0 Å². The van der Waals surface area contributed by atoms with E-state index in [-0.39, 0.29) is 77.1 Å².